The van der Waals surface area contributed by atoms with E-state index < -0.39 is 17.9 Å². The number of hydrogen-bond acceptors (Lipinski definition) is 6. The molecule has 1 amide bonds. The highest BCUT2D eigenvalue weighted by atomic mass is 16.5. The van der Waals surface area contributed by atoms with E-state index in [0.29, 0.717) is 29.9 Å². The van der Waals surface area contributed by atoms with Crippen molar-refractivity contribution >= 4 is 22.8 Å². The summed E-state index contributed by atoms with van der Waals surface area (Å²) in [6.45, 7) is 0.932. The number of ether oxygens (including phenoxy) is 3. The second kappa shape index (κ2) is 10.4. The van der Waals surface area contributed by atoms with Crippen molar-refractivity contribution in [3.63, 3.8) is 0 Å². The molecule has 0 fully saturated rings. The molecule has 0 bridgehead atoms. The molecule has 8 nitrogen and oxygen atoms in total. The van der Waals surface area contributed by atoms with Crippen LogP contribution in [0.5, 0.6) is 5.75 Å². The van der Waals surface area contributed by atoms with E-state index in [1.807, 2.05) is 30.3 Å². The molecule has 1 aromatic heterocycles. The highest BCUT2D eigenvalue weighted by molar-refractivity contribution is 5.98. The molecule has 3 aromatic rings. The maximum atomic E-state index is 12.5. The lowest BCUT2D eigenvalue weighted by molar-refractivity contribution is -0.141. The molecule has 0 aliphatic rings. The number of fused-ring (bicyclic) bond motifs is 1. The maximum absolute atomic E-state index is 12.5. The number of hydrogen-bond donors (Lipinski definition) is 2. The molecule has 3 rings (SSSR count). The zero-order valence-corrected chi connectivity index (χ0v) is 16.5. The van der Waals surface area contributed by atoms with Crippen LogP contribution in [-0.4, -0.2) is 50.0 Å². The standard InChI is InChI=1S/C22H23NO7/c1-27-9-10-29-17-7-8-19-16(11-17)12-20(30-19)21(24)23-18(22(25)26)14-28-13-15-5-3-2-4-6-15/h2-8,11-12,18H,9-10,13-14H2,1H3,(H,23,24)(H,25,26)/t18-/m0/s1. The maximum Gasteiger partial charge on any atom is 0.328 e. The van der Waals surface area contributed by atoms with Crippen LogP contribution < -0.4 is 10.1 Å². The molecule has 158 valence electrons. The van der Waals surface area contributed by atoms with Crippen molar-refractivity contribution in [3.05, 3.63) is 65.9 Å². The molecular formula is C22H23NO7. The van der Waals surface area contributed by atoms with Crippen LogP contribution in [0.15, 0.2) is 59.0 Å². The fourth-order valence-electron chi connectivity index (χ4n) is 2.74. The minimum absolute atomic E-state index is 0.00773. The largest absolute Gasteiger partial charge is 0.491 e. The van der Waals surface area contributed by atoms with Gasteiger partial charge in [-0.15, -0.1) is 0 Å². The summed E-state index contributed by atoms with van der Waals surface area (Å²) >= 11 is 0. The summed E-state index contributed by atoms with van der Waals surface area (Å²) < 4.78 is 21.5. The predicted molar refractivity (Wildman–Crippen MR) is 109 cm³/mol. The van der Waals surface area contributed by atoms with Crippen molar-refractivity contribution in [3.8, 4) is 5.75 Å². The van der Waals surface area contributed by atoms with Crippen molar-refractivity contribution in [2.45, 2.75) is 12.6 Å². The summed E-state index contributed by atoms with van der Waals surface area (Å²) in [6, 6.07) is 14.8. The van der Waals surface area contributed by atoms with Crippen molar-refractivity contribution in [2.24, 2.45) is 0 Å². The summed E-state index contributed by atoms with van der Waals surface area (Å²) in [7, 11) is 1.59. The molecule has 8 heteroatoms. The third kappa shape index (κ3) is 5.82. The van der Waals surface area contributed by atoms with Gasteiger partial charge in [-0.1, -0.05) is 30.3 Å². The Kier molecular flexibility index (Phi) is 7.42. The van der Waals surface area contributed by atoms with Gasteiger partial charge >= 0.3 is 5.97 Å². The molecule has 0 unspecified atom stereocenters. The third-order valence-electron chi connectivity index (χ3n) is 4.27. The van der Waals surface area contributed by atoms with E-state index in [4.69, 9.17) is 18.6 Å². The Balaban J connectivity index is 1.60. The topological polar surface area (TPSA) is 107 Å². The van der Waals surface area contributed by atoms with Crippen LogP contribution in [0.2, 0.25) is 0 Å². The van der Waals surface area contributed by atoms with Gasteiger partial charge in [-0.2, -0.15) is 0 Å². The molecule has 0 saturated carbocycles. The molecule has 0 saturated heterocycles. The Hall–Kier alpha value is -3.36. The Bertz CT molecular complexity index is 984. The number of benzene rings is 2. The van der Waals surface area contributed by atoms with E-state index in [9.17, 15) is 14.7 Å². The monoisotopic (exact) mass is 413 g/mol. The summed E-state index contributed by atoms with van der Waals surface area (Å²) in [5.74, 6) is -1.21. The van der Waals surface area contributed by atoms with Gasteiger partial charge in [-0.25, -0.2) is 4.79 Å². The average molecular weight is 413 g/mol. The van der Waals surface area contributed by atoms with E-state index in [1.165, 1.54) is 6.07 Å². The first-order valence-corrected chi connectivity index (χ1v) is 9.37. The van der Waals surface area contributed by atoms with Crippen LogP contribution in [0.1, 0.15) is 16.1 Å². The van der Waals surface area contributed by atoms with Gasteiger partial charge in [0.25, 0.3) is 5.91 Å². The number of nitrogens with one attached hydrogen (secondary N) is 1. The molecule has 1 atom stereocenters. The van der Waals surface area contributed by atoms with Gasteiger partial charge in [-0.3, -0.25) is 4.79 Å². The Morgan fingerprint density at radius 2 is 1.90 bits per heavy atom. The van der Waals surface area contributed by atoms with E-state index in [2.05, 4.69) is 5.32 Å². The Labute approximate surface area is 173 Å². The smallest absolute Gasteiger partial charge is 0.328 e. The molecule has 0 aliphatic heterocycles. The summed E-state index contributed by atoms with van der Waals surface area (Å²) in [5.41, 5.74) is 1.40. The quantitative estimate of drug-likeness (QED) is 0.466. The van der Waals surface area contributed by atoms with Crippen molar-refractivity contribution in [1.29, 1.82) is 0 Å². The van der Waals surface area contributed by atoms with E-state index in [1.54, 1.807) is 25.3 Å². The van der Waals surface area contributed by atoms with Gasteiger partial charge in [0, 0.05) is 12.5 Å². The summed E-state index contributed by atoms with van der Waals surface area (Å²) in [4.78, 5) is 24.0. The van der Waals surface area contributed by atoms with Crippen molar-refractivity contribution < 1.29 is 33.3 Å². The molecule has 1 heterocycles. The first-order valence-electron chi connectivity index (χ1n) is 9.37. The summed E-state index contributed by atoms with van der Waals surface area (Å²) in [5, 5.41) is 12.5. The van der Waals surface area contributed by atoms with E-state index in [-0.39, 0.29) is 19.0 Å². The molecule has 0 radical (unpaired) electrons. The predicted octanol–water partition coefficient (Wildman–Crippen LogP) is 2.86. The Morgan fingerprint density at radius 1 is 1.10 bits per heavy atom. The van der Waals surface area contributed by atoms with Gasteiger partial charge in [0.2, 0.25) is 0 Å². The zero-order valence-electron chi connectivity index (χ0n) is 16.5. The Morgan fingerprint density at radius 3 is 2.63 bits per heavy atom. The fraction of sp³-hybridized carbons (Fsp3) is 0.273. The SMILES string of the molecule is COCCOc1ccc2oc(C(=O)N[C@@H](COCc3ccccc3)C(=O)O)cc2c1. The molecule has 0 spiro atoms. The number of rotatable bonds is 11. The first kappa shape index (κ1) is 21.4. The molecule has 2 N–H and O–H groups in total. The van der Waals surface area contributed by atoms with E-state index in [0.717, 1.165) is 5.56 Å². The lowest BCUT2D eigenvalue weighted by Crippen LogP contribution is -2.43. The number of carbonyl (C=O) groups excluding carboxylic acids is 1. The number of carboxylic acid groups (broad SMARTS) is 1. The number of carbonyl (C=O) groups is 2. The van der Waals surface area contributed by atoms with Crippen LogP contribution >= 0.6 is 0 Å². The van der Waals surface area contributed by atoms with Crippen molar-refractivity contribution in [1.82, 2.24) is 5.32 Å². The van der Waals surface area contributed by atoms with Crippen LogP contribution in [0.4, 0.5) is 0 Å². The minimum atomic E-state index is -1.21. The zero-order chi connectivity index (χ0) is 21.3. The fourth-order valence-corrected chi connectivity index (χ4v) is 2.74. The minimum Gasteiger partial charge on any atom is -0.491 e. The number of amides is 1. The van der Waals surface area contributed by atoms with Crippen LogP contribution in [-0.2, 0) is 20.9 Å². The lowest BCUT2D eigenvalue weighted by Gasteiger charge is -2.14. The summed E-state index contributed by atoms with van der Waals surface area (Å²) in [6.07, 6.45) is 0. The molecular weight excluding hydrogens is 390 g/mol. The number of aliphatic carboxylic acids is 1. The van der Waals surface area contributed by atoms with Gasteiger partial charge < -0.3 is 29.1 Å². The second-order valence-electron chi connectivity index (χ2n) is 6.52. The highest BCUT2D eigenvalue weighted by Gasteiger charge is 2.23. The van der Waals surface area contributed by atoms with Crippen molar-refractivity contribution in [2.75, 3.05) is 26.9 Å². The van der Waals surface area contributed by atoms with E-state index >= 15 is 0 Å². The highest BCUT2D eigenvalue weighted by Crippen LogP contribution is 2.24. The molecule has 2 aromatic carbocycles. The van der Waals surface area contributed by atoms with Gasteiger partial charge in [0.1, 0.15) is 17.9 Å². The normalized spacial score (nSPS) is 11.9. The molecule has 30 heavy (non-hydrogen) atoms. The van der Waals surface area contributed by atoms with Crippen LogP contribution in [0.25, 0.3) is 11.0 Å². The lowest BCUT2D eigenvalue weighted by atomic mass is 10.2. The van der Waals surface area contributed by atoms with Crippen LogP contribution in [0.3, 0.4) is 0 Å². The first-order chi connectivity index (χ1) is 14.6. The van der Waals surface area contributed by atoms with Gasteiger partial charge in [0.05, 0.1) is 19.8 Å². The average Bonchev–Trinajstić information content (AvgIpc) is 3.17. The number of methoxy groups -OCH3 is 1. The number of furan rings is 1. The second-order valence-corrected chi connectivity index (χ2v) is 6.52. The van der Waals surface area contributed by atoms with Gasteiger partial charge in [-0.05, 0) is 29.8 Å². The third-order valence-corrected chi connectivity index (χ3v) is 4.27. The van der Waals surface area contributed by atoms with Crippen LogP contribution in [0, 0.1) is 0 Å². The number of carboxylic acids is 1. The van der Waals surface area contributed by atoms with Gasteiger partial charge in [0.15, 0.2) is 11.8 Å². The molecule has 0 aliphatic carbocycles.